The Bertz CT molecular complexity index is 578. The van der Waals surface area contributed by atoms with Gasteiger partial charge in [-0.15, -0.1) is 0 Å². The second-order valence-corrected chi connectivity index (χ2v) is 6.83. The minimum Gasteiger partial charge on any atom is -0.344 e. The molecular formula is C18H24N2O2. The highest BCUT2D eigenvalue weighted by molar-refractivity contribution is 6.01. The van der Waals surface area contributed by atoms with Gasteiger partial charge in [0.2, 0.25) is 11.8 Å². The summed E-state index contributed by atoms with van der Waals surface area (Å²) >= 11 is 0. The van der Waals surface area contributed by atoms with E-state index in [0.29, 0.717) is 18.9 Å². The lowest BCUT2D eigenvalue weighted by Gasteiger charge is -2.26. The molecule has 22 heavy (non-hydrogen) atoms. The largest absolute Gasteiger partial charge is 0.344 e. The van der Waals surface area contributed by atoms with E-state index in [0.717, 1.165) is 24.9 Å². The minimum absolute atomic E-state index is 0.0349. The zero-order valence-electron chi connectivity index (χ0n) is 13.3. The lowest BCUT2D eigenvalue weighted by atomic mass is 10.0. The molecule has 1 fully saturated rings. The van der Waals surface area contributed by atoms with Crippen molar-refractivity contribution in [1.82, 2.24) is 5.32 Å². The van der Waals surface area contributed by atoms with E-state index < -0.39 is 6.04 Å². The second-order valence-electron chi connectivity index (χ2n) is 6.83. The van der Waals surface area contributed by atoms with E-state index >= 15 is 0 Å². The summed E-state index contributed by atoms with van der Waals surface area (Å²) in [6, 6.07) is 7.63. The molecule has 0 unspecified atom stereocenters. The molecule has 4 nitrogen and oxygen atoms in total. The zero-order chi connectivity index (χ0) is 15.7. The predicted molar refractivity (Wildman–Crippen MR) is 86.6 cm³/mol. The summed E-state index contributed by atoms with van der Waals surface area (Å²) in [4.78, 5) is 26.9. The first-order valence-corrected chi connectivity index (χ1v) is 8.26. The number of hydrogen-bond acceptors (Lipinski definition) is 2. The Labute approximate surface area is 131 Å². The van der Waals surface area contributed by atoms with Gasteiger partial charge in [0, 0.05) is 18.2 Å². The number of rotatable bonds is 5. The van der Waals surface area contributed by atoms with Gasteiger partial charge in [-0.05, 0) is 43.2 Å². The molecule has 1 N–H and O–H groups in total. The van der Waals surface area contributed by atoms with Crippen LogP contribution in [0.5, 0.6) is 0 Å². The van der Waals surface area contributed by atoms with E-state index in [1.807, 2.05) is 23.1 Å². The SMILES string of the molecule is CC(C)C[C@H](NC(=O)C1CC1)C(=O)N1CCc2ccccc21. The molecule has 1 saturated carbocycles. The molecule has 3 rings (SSSR count). The number of hydrogen-bond donors (Lipinski definition) is 1. The van der Waals surface area contributed by atoms with Crippen molar-refractivity contribution in [2.75, 3.05) is 11.4 Å². The van der Waals surface area contributed by atoms with Gasteiger partial charge >= 0.3 is 0 Å². The van der Waals surface area contributed by atoms with Crippen molar-refractivity contribution in [1.29, 1.82) is 0 Å². The van der Waals surface area contributed by atoms with Crippen LogP contribution in [0.1, 0.15) is 38.7 Å². The molecule has 0 aromatic heterocycles. The molecule has 0 spiro atoms. The number of anilines is 1. The van der Waals surface area contributed by atoms with Crippen LogP contribution in [0.15, 0.2) is 24.3 Å². The molecular weight excluding hydrogens is 276 g/mol. The molecule has 1 aromatic carbocycles. The van der Waals surface area contributed by atoms with Crippen LogP contribution in [-0.4, -0.2) is 24.4 Å². The average Bonchev–Trinajstić information content (AvgIpc) is 3.25. The molecule has 2 aliphatic rings. The third kappa shape index (κ3) is 3.16. The highest BCUT2D eigenvalue weighted by atomic mass is 16.2. The standard InChI is InChI=1S/C18H24N2O2/c1-12(2)11-15(19-17(21)14-7-8-14)18(22)20-10-9-13-5-3-4-6-16(13)20/h3-6,12,14-15H,7-11H2,1-2H3,(H,19,21)/t15-/m0/s1. The Morgan fingerprint density at radius 2 is 2.00 bits per heavy atom. The maximum absolute atomic E-state index is 12.9. The summed E-state index contributed by atoms with van der Waals surface area (Å²) in [5, 5.41) is 2.99. The molecule has 118 valence electrons. The van der Waals surface area contributed by atoms with Crippen LogP contribution >= 0.6 is 0 Å². The first-order chi connectivity index (χ1) is 10.6. The number of amides is 2. The first-order valence-electron chi connectivity index (χ1n) is 8.26. The lowest BCUT2D eigenvalue weighted by Crippen LogP contribution is -2.49. The number of nitrogens with zero attached hydrogens (tertiary/aromatic N) is 1. The smallest absolute Gasteiger partial charge is 0.249 e. The molecule has 1 aliphatic carbocycles. The fourth-order valence-electron chi connectivity index (χ4n) is 3.08. The van der Waals surface area contributed by atoms with E-state index in [-0.39, 0.29) is 17.7 Å². The van der Waals surface area contributed by atoms with Crippen molar-refractivity contribution in [3.05, 3.63) is 29.8 Å². The van der Waals surface area contributed by atoms with Crippen LogP contribution in [0.4, 0.5) is 5.69 Å². The van der Waals surface area contributed by atoms with Crippen LogP contribution in [0.25, 0.3) is 0 Å². The number of para-hydroxylation sites is 1. The predicted octanol–water partition coefficient (Wildman–Crippen LogP) is 2.52. The minimum atomic E-state index is -0.403. The van der Waals surface area contributed by atoms with Gasteiger partial charge in [-0.25, -0.2) is 0 Å². The summed E-state index contributed by atoms with van der Waals surface area (Å²) in [5.74, 6) is 0.582. The molecule has 0 bridgehead atoms. The monoisotopic (exact) mass is 300 g/mol. The third-order valence-corrected chi connectivity index (χ3v) is 4.42. The van der Waals surface area contributed by atoms with Gasteiger partial charge in [0.1, 0.15) is 6.04 Å². The fourth-order valence-corrected chi connectivity index (χ4v) is 3.08. The van der Waals surface area contributed by atoms with Crippen molar-refractivity contribution in [3.8, 4) is 0 Å². The van der Waals surface area contributed by atoms with Crippen LogP contribution in [0.2, 0.25) is 0 Å². The van der Waals surface area contributed by atoms with E-state index in [9.17, 15) is 9.59 Å². The number of carbonyl (C=O) groups excluding carboxylic acids is 2. The van der Waals surface area contributed by atoms with Gasteiger partial charge in [0.05, 0.1) is 0 Å². The summed E-state index contributed by atoms with van der Waals surface area (Å²) in [7, 11) is 0. The van der Waals surface area contributed by atoms with E-state index in [1.54, 1.807) is 0 Å². The van der Waals surface area contributed by atoms with Crippen molar-refractivity contribution in [3.63, 3.8) is 0 Å². The molecule has 0 saturated heterocycles. The normalized spacial score (nSPS) is 18.2. The summed E-state index contributed by atoms with van der Waals surface area (Å²) in [6.07, 6.45) is 3.50. The Balaban J connectivity index is 1.75. The van der Waals surface area contributed by atoms with Gasteiger partial charge in [-0.1, -0.05) is 32.0 Å². The molecule has 1 atom stereocenters. The molecule has 0 radical (unpaired) electrons. The van der Waals surface area contributed by atoms with E-state index in [1.165, 1.54) is 5.56 Å². The highest BCUT2D eigenvalue weighted by Gasteiger charge is 2.35. The lowest BCUT2D eigenvalue weighted by molar-refractivity contribution is -0.128. The summed E-state index contributed by atoms with van der Waals surface area (Å²) in [6.45, 7) is 4.88. The fraction of sp³-hybridized carbons (Fsp3) is 0.556. The Kier molecular flexibility index (Phi) is 4.19. The summed E-state index contributed by atoms with van der Waals surface area (Å²) < 4.78 is 0. The highest BCUT2D eigenvalue weighted by Crippen LogP contribution is 2.31. The van der Waals surface area contributed by atoms with Gasteiger partial charge in [-0.3, -0.25) is 9.59 Å². The van der Waals surface area contributed by atoms with Crippen molar-refractivity contribution >= 4 is 17.5 Å². The third-order valence-electron chi connectivity index (χ3n) is 4.42. The second kappa shape index (κ2) is 6.11. The summed E-state index contributed by atoms with van der Waals surface area (Å²) in [5.41, 5.74) is 2.22. The average molecular weight is 300 g/mol. The Hall–Kier alpha value is -1.84. The number of nitrogens with one attached hydrogen (secondary N) is 1. The maximum atomic E-state index is 12.9. The zero-order valence-corrected chi connectivity index (χ0v) is 13.3. The van der Waals surface area contributed by atoms with Gasteiger partial charge in [0.25, 0.3) is 0 Å². The molecule has 1 aliphatic heterocycles. The van der Waals surface area contributed by atoms with Gasteiger partial charge < -0.3 is 10.2 Å². The molecule has 1 heterocycles. The van der Waals surface area contributed by atoms with Crippen molar-refractivity contribution < 1.29 is 9.59 Å². The molecule has 2 amide bonds. The maximum Gasteiger partial charge on any atom is 0.249 e. The van der Waals surface area contributed by atoms with Crippen molar-refractivity contribution in [2.45, 2.75) is 45.6 Å². The quantitative estimate of drug-likeness (QED) is 0.908. The molecule has 1 aromatic rings. The molecule has 4 heteroatoms. The van der Waals surface area contributed by atoms with Crippen LogP contribution < -0.4 is 10.2 Å². The van der Waals surface area contributed by atoms with E-state index in [4.69, 9.17) is 0 Å². The van der Waals surface area contributed by atoms with Gasteiger partial charge in [-0.2, -0.15) is 0 Å². The number of benzene rings is 1. The first kappa shape index (κ1) is 15.1. The van der Waals surface area contributed by atoms with E-state index in [2.05, 4.69) is 25.2 Å². The number of fused-ring (bicyclic) bond motifs is 1. The van der Waals surface area contributed by atoms with Crippen LogP contribution in [0.3, 0.4) is 0 Å². The van der Waals surface area contributed by atoms with Crippen molar-refractivity contribution in [2.24, 2.45) is 11.8 Å². The van der Waals surface area contributed by atoms with Crippen LogP contribution in [0, 0.1) is 11.8 Å². The Morgan fingerprint density at radius 1 is 1.27 bits per heavy atom. The number of carbonyl (C=O) groups is 2. The van der Waals surface area contributed by atoms with Crippen LogP contribution in [-0.2, 0) is 16.0 Å². The van der Waals surface area contributed by atoms with Gasteiger partial charge in [0.15, 0.2) is 0 Å². The topological polar surface area (TPSA) is 49.4 Å². The Morgan fingerprint density at radius 3 is 2.68 bits per heavy atom.